The Balaban J connectivity index is 2.18. The standard InChI is InChI=1S/C13H11Br2FN2/c14-10-1-8(2-12(16)5-10)3-13(17)9-4-11(15)7-18-6-9/h1-2,4-7,13H,3,17H2. The molecule has 0 amide bonds. The topological polar surface area (TPSA) is 38.9 Å². The summed E-state index contributed by atoms with van der Waals surface area (Å²) < 4.78 is 14.9. The highest BCUT2D eigenvalue weighted by Gasteiger charge is 2.09. The van der Waals surface area contributed by atoms with Crippen molar-refractivity contribution in [1.29, 1.82) is 0 Å². The van der Waals surface area contributed by atoms with Crippen LogP contribution in [0.4, 0.5) is 4.39 Å². The van der Waals surface area contributed by atoms with Crippen LogP contribution < -0.4 is 5.73 Å². The van der Waals surface area contributed by atoms with Gasteiger partial charge in [0.1, 0.15) is 5.82 Å². The summed E-state index contributed by atoms with van der Waals surface area (Å²) in [6, 6.07) is 6.51. The van der Waals surface area contributed by atoms with Crippen LogP contribution in [-0.4, -0.2) is 4.98 Å². The zero-order chi connectivity index (χ0) is 13.1. The third-order valence-electron chi connectivity index (χ3n) is 2.53. The summed E-state index contributed by atoms with van der Waals surface area (Å²) in [5.74, 6) is -0.265. The van der Waals surface area contributed by atoms with Crippen molar-refractivity contribution in [3.8, 4) is 0 Å². The van der Waals surface area contributed by atoms with Crippen molar-refractivity contribution in [3.63, 3.8) is 0 Å². The van der Waals surface area contributed by atoms with E-state index < -0.39 is 0 Å². The van der Waals surface area contributed by atoms with Crippen molar-refractivity contribution < 1.29 is 4.39 Å². The predicted molar refractivity (Wildman–Crippen MR) is 76.7 cm³/mol. The molecule has 0 spiro atoms. The molecule has 2 nitrogen and oxygen atoms in total. The van der Waals surface area contributed by atoms with Crippen LogP contribution in [0.3, 0.4) is 0 Å². The van der Waals surface area contributed by atoms with Gasteiger partial charge in [0, 0.05) is 27.4 Å². The van der Waals surface area contributed by atoms with Gasteiger partial charge in [-0.1, -0.05) is 15.9 Å². The van der Waals surface area contributed by atoms with Crippen molar-refractivity contribution in [1.82, 2.24) is 4.98 Å². The molecule has 0 bridgehead atoms. The van der Waals surface area contributed by atoms with Gasteiger partial charge >= 0.3 is 0 Å². The molecule has 1 atom stereocenters. The van der Waals surface area contributed by atoms with Crippen LogP contribution in [0.25, 0.3) is 0 Å². The zero-order valence-corrected chi connectivity index (χ0v) is 12.6. The van der Waals surface area contributed by atoms with Gasteiger partial charge in [-0.05, 0) is 57.7 Å². The molecule has 2 rings (SSSR count). The van der Waals surface area contributed by atoms with Crippen LogP contribution in [0.2, 0.25) is 0 Å². The maximum absolute atomic E-state index is 13.3. The lowest BCUT2D eigenvalue weighted by molar-refractivity contribution is 0.621. The summed E-state index contributed by atoms with van der Waals surface area (Å²) in [4.78, 5) is 4.07. The number of nitrogens with two attached hydrogens (primary N) is 1. The first kappa shape index (κ1) is 13.6. The van der Waals surface area contributed by atoms with E-state index in [0.717, 1.165) is 20.1 Å². The smallest absolute Gasteiger partial charge is 0.124 e. The summed E-state index contributed by atoms with van der Waals surface area (Å²) in [6.45, 7) is 0. The van der Waals surface area contributed by atoms with E-state index >= 15 is 0 Å². The summed E-state index contributed by atoms with van der Waals surface area (Å²) in [6.07, 6.45) is 3.99. The second-order valence-corrected chi connectivity index (χ2v) is 5.86. The number of hydrogen-bond acceptors (Lipinski definition) is 2. The first-order chi connectivity index (χ1) is 8.54. The van der Waals surface area contributed by atoms with Crippen molar-refractivity contribution >= 4 is 31.9 Å². The van der Waals surface area contributed by atoms with Crippen LogP contribution in [0, 0.1) is 5.82 Å². The lowest BCUT2D eigenvalue weighted by Crippen LogP contribution is -2.13. The molecular weight excluding hydrogens is 363 g/mol. The molecule has 1 aromatic heterocycles. The molecule has 0 fully saturated rings. The number of nitrogens with zero attached hydrogens (tertiary/aromatic N) is 1. The molecule has 0 aliphatic rings. The predicted octanol–water partition coefficient (Wildman–Crippen LogP) is 3.99. The van der Waals surface area contributed by atoms with Crippen LogP contribution in [0.15, 0.2) is 45.6 Å². The normalized spacial score (nSPS) is 12.4. The van der Waals surface area contributed by atoms with Crippen LogP contribution >= 0.6 is 31.9 Å². The van der Waals surface area contributed by atoms with Gasteiger partial charge in [-0.25, -0.2) is 4.39 Å². The molecule has 18 heavy (non-hydrogen) atoms. The zero-order valence-electron chi connectivity index (χ0n) is 9.41. The minimum atomic E-state index is -0.265. The molecule has 0 aliphatic heterocycles. The monoisotopic (exact) mass is 372 g/mol. The molecule has 1 unspecified atom stereocenters. The van der Waals surface area contributed by atoms with Gasteiger partial charge in [0.25, 0.3) is 0 Å². The second kappa shape index (κ2) is 5.91. The Morgan fingerprint density at radius 1 is 1.11 bits per heavy atom. The quantitative estimate of drug-likeness (QED) is 0.883. The third kappa shape index (κ3) is 3.60. The molecule has 0 aliphatic carbocycles. The summed E-state index contributed by atoms with van der Waals surface area (Å²) in [5, 5.41) is 0. The number of rotatable bonds is 3. The highest BCUT2D eigenvalue weighted by atomic mass is 79.9. The van der Waals surface area contributed by atoms with Gasteiger partial charge in [-0.2, -0.15) is 0 Å². The summed E-state index contributed by atoms with van der Waals surface area (Å²) >= 11 is 6.62. The Hall–Kier alpha value is -0.780. The largest absolute Gasteiger partial charge is 0.324 e. The van der Waals surface area contributed by atoms with E-state index in [1.54, 1.807) is 12.4 Å². The Labute approximate surface area is 122 Å². The Morgan fingerprint density at radius 3 is 2.56 bits per heavy atom. The lowest BCUT2D eigenvalue weighted by atomic mass is 10.0. The molecular formula is C13H11Br2FN2. The summed E-state index contributed by atoms with van der Waals surface area (Å²) in [5.41, 5.74) is 7.87. The van der Waals surface area contributed by atoms with Crippen molar-refractivity contribution in [3.05, 3.63) is 62.5 Å². The highest BCUT2D eigenvalue weighted by Crippen LogP contribution is 2.21. The van der Waals surface area contributed by atoms with Crippen molar-refractivity contribution in [2.24, 2.45) is 5.73 Å². The van der Waals surface area contributed by atoms with Gasteiger partial charge < -0.3 is 5.73 Å². The molecule has 0 saturated heterocycles. The first-order valence-corrected chi connectivity index (χ1v) is 6.94. The maximum atomic E-state index is 13.3. The van der Waals surface area contributed by atoms with Crippen LogP contribution in [0.1, 0.15) is 17.2 Å². The van der Waals surface area contributed by atoms with Gasteiger partial charge in [-0.15, -0.1) is 0 Å². The molecule has 1 aromatic carbocycles. The molecule has 1 heterocycles. The maximum Gasteiger partial charge on any atom is 0.124 e. The minimum absolute atomic E-state index is 0.205. The fraction of sp³-hybridized carbons (Fsp3) is 0.154. The average molecular weight is 374 g/mol. The molecule has 94 valence electrons. The Kier molecular flexibility index (Phi) is 4.48. The van der Waals surface area contributed by atoms with E-state index in [9.17, 15) is 4.39 Å². The number of pyridine rings is 1. The van der Waals surface area contributed by atoms with E-state index in [1.165, 1.54) is 12.1 Å². The van der Waals surface area contributed by atoms with Crippen molar-refractivity contribution in [2.75, 3.05) is 0 Å². The van der Waals surface area contributed by atoms with Gasteiger partial charge in [0.15, 0.2) is 0 Å². The van der Waals surface area contributed by atoms with Gasteiger partial charge in [0.05, 0.1) is 0 Å². The first-order valence-electron chi connectivity index (χ1n) is 5.35. The minimum Gasteiger partial charge on any atom is -0.324 e. The molecule has 2 N–H and O–H groups in total. The van der Waals surface area contributed by atoms with Crippen LogP contribution in [-0.2, 0) is 6.42 Å². The molecule has 0 saturated carbocycles. The van der Waals surface area contributed by atoms with E-state index in [-0.39, 0.29) is 11.9 Å². The van der Waals surface area contributed by atoms with Gasteiger partial charge in [0.2, 0.25) is 0 Å². The molecule has 2 aromatic rings. The second-order valence-electron chi connectivity index (χ2n) is 4.02. The molecule has 5 heteroatoms. The van der Waals surface area contributed by atoms with Gasteiger partial charge in [-0.3, -0.25) is 4.98 Å². The number of halogens is 3. The third-order valence-corrected chi connectivity index (χ3v) is 3.42. The lowest BCUT2D eigenvalue weighted by Gasteiger charge is -2.12. The van der Waals surface area contributed by atoms with E-state index in [2.05, 4.69) is 36.8 Å². The summed E-state index contributed by atoms with van der Waals surface area (Å²) in [7, 11) is 0. The van der Waals surface area contributed by atoms with Crippen LogP contribution in [0.5, 0.6) is 0 Å². The molecule has 0 radical (unpaired) electrons. The van der Waals surface area contributed by atoms with E-state index in [0.29, 0.717) is 6.42 Å². The Morgan fingerprint density at radius 2 is 1.89 bits per heavy atom. The average Bonchev–Trinajstić information content (AvgIpc) is 2.27. The number of benzene rings is 1. The fourth-order valence-corrected chi connectivity index (χ4v) is 2.63. The number of aromatic nitrogens is 1. The van der Waals surface area contributed by atoms with Crippen molar-refractivity contribution in [2.45, 2.75) is 12.5 Å². The van der Waals surface area contributed by atoms with E-state index in [1.807, 2.05) is 12.1 Å². The van der Waals surface area contributed by atoms with E-state index in [4.69, 9.17) is 5.73 Å². The highest BCUT2D eigenvalue weighted by molar-refractivity contribution is 9.10. The SMILES string of the molecule is NC(Cc1cc(F)cc(Br)c1)c1cncc(Br)c1. The number of hydrogen-bond donors (Lipinski definition) is 1. The Bertz CT molecular complexity index is 540. The fourth-order valence-electron chi connectivity index (χ4n) is 1.73.